The number of aliphatic hydroxyl groups is 2. The molecule has 0 heterocycles. The summed E-state index contributed by atoms with van der Waals surface area (Å²) in [5.74, 6) is -1.49. The first-order valence-corrected chi connectivity index (χ1v) is 3.61. The zero-order valence-corrected chi connectivity index (χ0v) is 7.73. The van der Waals surface area contributed by atoms with E-state index < -0.39 is 18.7 Å². The van der Waals surface area contributed by atoms with E-state index in [1.165, 1.54) is 0 Å². The van der Waals surface area contributed by atoms with Crippen LogP contribution in [0.3, 0.4) is 0 Å². The summed E-state index contributed by atoms with van der Waals surface area (Å²) >= 11 is 0. The van der Waals surface area contributed by atoms with Crippen LogP contribution >= 0.6 is 0 Å². The fourth-order valence-corrected chi connectivity index (χ4v) is 0. The number of carbonyl (C=O) groups is 2. The minimum absolute atomic E-state index is 0.222. The summed E-state index contributed by atoms with van der Waals surface area (Å²) in [5, 5.41) is 29.7. The van der Waals surface area contributed by atoms with Gasteiger partial charge in [-0.15, -0.1) is 0 Å². The zero-order valence-electron chi connectivity index (χ0n) is 7.73. The van der Waals surface area contributed by atoms with Crippen molar-refractivity contribution in [3.8, 4) is 0 Å². The Hall–Kier alpha value is -1.14. The molecule has 0 atom stereocenters. The molecule has 0 fully saturated rings. The van der Waals surface area contributed by atoms with Crippen LogP contribution in [0.5, 0.6) is 0 Å². The predicted octanol–water partition coefficient (Wildman–Crippen LogP) is -0.110. The largest absolute Gasteiger partial charge is 0.481 e. The van der Waals surface area contributed by atoms with Gasteiger partial charge in [-0.25, -0.2) is 0 Å². The highest BCUT2D eigenvalue weighted by Gasteiger charge is 1.81. The second kappa shape index (κ2) is 17.1. The van der Waals surface area contributed by atoms with E-state index in [-0.39, 0.29) is 12.8 Å². The highest BCUT2D eigenvalue weighted by molar-refractivity contribution is 5.66. The van der Waals surface area contributed by atoms with Crippen molar-refractivity contribution < 1.29 is 30.0 Å². The summed E-state index contributed by atoms with van der Waals surface area (Å²) in [6, 6.07) is 0. The Labute approximate surface area is 76.4 Å². The molecule has 0 aliphatic carbocycles. The molecule has 0 aliphatic heterocycles. The van der Waals surface area contributed by atoms with E-state index in [1.54, 1.807) is 13.8 Å². The van der Waals surface area contributed by atoms with Crippen molar-refractivity contribution in [1.82, 2.24) is 0 Å². The Balaban J connectivity index is -0.000000120. The van der Waals surface area contributed by atoms with Crippen molar-refractivity contribution >= 4 is 11.9 Å². The summed E-state index contributed by atoms with van der Waals surface area (Å²) in [7, 11) is 0. The Bertz CT molecular complexity index is 108. The molecular formula is C7H16O6. The molecule has 6 nitrogen and oxygen atoms in total. The normalized spacial score (nSPS) is 7.08. The molecule has 0 spiro atoms. The van der Waals surface area contributed by atoms with Crippen molar-refractivity contribution in [2.75, 3.05) is 6.79 Å². The Kier molecular flexibility index (Phi) is 23.4. The number of hydrogen-bond donors (Lipinski definition) is 4. The van der Waals surface area contributed by atoms with Crippen LogP contribution in [0, 0.1) is 0 Å². The second-order valence-corrected chi connectivity index (χ2v) is 1.64. The molecule has 0 bridgehead atoms. The standard InChI is InChI=1S/2C3H6O2.CH4O2/c2*1-2-3(4)5;2-1-3/h2*2H2,1H3,(H,4,5);2-3H,1H2. The average molecular weight is 196 g/mol. The fourth-order valence-electron chi connectivity index (χ4n) is 0. The molecule has 6 heteroatoms. The van der Waals surface area contributed by atoms with E-state index in [0.717, 1.165) is 0 Å². The lowest BCUT2D eigenvalue weighted by atomic mass is 10.5. The molecule has 0 radical (unpaired) electrons. The lowest BCUT2D eigenvalue weighted by Crippen LogP contribution is -1.86. The second-order valence-electron chi connectivity index (χ2n) is 1.64. The first-order chi connectivity index (χ1) is 5.95. The topological polar surface area (TPSA) is 115 Å². The van der Waals surface area contributed by atoms with Gasteiger partial charge in [0, 0.05) is 12.8 Å². The van der Waals surface area contributed by atoms with Crippen LogP contribution in [-0.4, -0.2) is 39.2 Å². The van der Waals surface area contributed by atoms with Gasteiger partial charge in [0.05, 0.1) is 0 Å². The van der Waals surface area contributed by atoms with E-state index in [2.05, 4.69) is 0 Å². The minimum atomic E-state index is -0.750. The Morgan fingerprint density at radius 1 is 0.923 bits per heavy atom. The van der Waals surface area contributed by atoms with Crippen molar-refractivity contribution in [2.24, 2.45) is 0 Å². The maximum Gasteiger partial charge on any atom is 0.303 e. The van der Waals surface area contributed by atoms with Gasteiger partial charge in [0.25, 0.3) is 0 Å². The molecule has 0 aromatic heterocycles. The van der Waals surface area contributed by atoms with Crippen LogP contribution < -0.4 is 0 Å². The van der Waals surface area contributed by atoms with E-state index in [1.807, 2.05) is 0 Å². The number of carboxylic acids is 2. The number of rotatable bonds is 2. The maximum absolute atomic E-state index is 9.37. The first kappa shape index (κ1) is 17.8. The molecule has 0 aromatic carbocycles. The van der Waals surface area contributed by atoms with Gasteiger partial charge in [0.15, 0.2) is 0 Å². The molecule has 4 N–H and O–H groups in total. The summed E-state index contributed by atoms with van der Waals surface area (Å²) in [5.41, 5.74) is 0. The van der Waals surface area contributed by atoms with Gasteiger partial charge in [-0.05, 0) is 0 Å². The Morgan fingerprint density at radius 2 is 1.00 bits per heavy atom. The molecule has 13 heavy (non-hydrogen) atoms. The van der Waals surface area contributed by atoms with Crippen molar-refractivity contribution in [3.63, 3.8) is 0 Å². The van der Waals surface area contributed by atoms with Crippen LogP contribution in [0.1, 0.15) is 26.7 Å². The van der Waals surface area contributed by atoms with Crippen LogP contribution in [0.4, 0.5) is 0 Å². The van der Waals surface area contributed by atoms with Gasteiger partial charge in [-0.3, -0.25) is 9.59 Å². The van der Waals surface area contributed by atoms with Crippen molar-refractivity contribution in [1.29, 1.82) is 0 Å². The fraction of sp³-hybridized carbons (Fsp3) is 0.714. The number of aliphatic carboxylic acids is 2. The average Bonchev–Trinajstić information content (AvgIpc) is 2.07. The summed E-state index contributed by atoms with van der Waals surface area (Å²) in [6.45, 7) is 2.45. The summed E-state index contributed by atoms with van der Waals surface area (Å²) in [6.07, 6.45) is 0.444. The van der Waals surface area contributed by atoms with Crippen LogP contribution in [0.2, 0.25) is 0 Å². The lowest BCUT2D eigenvalue weighted by molar-refractivity contribution is -0.137. The smallest absolute Gasteiger partial charge is 0.303 e. The SMILES string of the molecule is CCC(=O)O.CCC(=O)O.OCO. The monoisotopic (exact) mass is 196 g/mol. The molecule has 0 saturated heterocycles. The van der Waals surface area contributed by atoms with Crippen molar-refractivity contribution in [2.45, 2.75) is 26.7 Å². The lowest BCUT2D eigenvalue weighted by Gasteiger charge is -1.71. The molecule has 0 aromatic rings. The third-order valence-corrected chi connectivity index (χ3v) is 0.605. The number of aliphatic hydroxyl groups excluding tert-OH is 1. The van der Waals surface area contributed by atoms with E-state index >= 15 is 0 Å². The maximum atomic E-state index is 9.37. The first-order valence-electron chi connectivity index (χ1n) is 3.61. The van der Waals surface area contributed by atoms with Crippen LogP contribution in [-0.2, 0) is 9.59 Å². The van der Waals surface area contributed by atoms with Gasteiger partial charge in [0.1, 0.15) is 6.79 Å². The highest BCUT2D eigenvalue weighted by atomic mass is 16.5. The number of carboxylic acid groups (broad SMARTS) is 2. The van der Waals surface area contributed by atoms with Crippen LogP contribution in [0.15, 0.2) is 0 Å². The molecule has 0 amide bonds. The van der Waals surface area contributed by atoms with Gasteiger partial charge in [0.2, 0.25) is 0 Å². The van der Waals surface area contributed by atoms with E-state index in [4.69, 9.17) is 20.4 Å². The van der Waals surface area contributed by atoms with Crippen LogP contribution in [0.25, 0.3) is 0 Å². The number of hydrogen-bond acceptors (Lipinski definition) is 4. The summed E-state index contributed by atoms with van der Waals surface area (Å²) in [4.78, 5) is 18.7. The quantitative estimate of drug-likeness (QED) is 0.458. The zero-order chi connectivity index (χ0) is 11.3. The molecule has 0 rings (SSSR count). The van der Waals surface area contributed by atoms with Gasteiger partial charge in [-0.2, -0.15) is 0 Å². The predicted molar refractivity (Wildman–Crippen MR) is 45.2 cm³/mol. The van der Waals surface area contributed by atoms with Gasteiger partial charge in [-0.1, -0.05) is 13.8 Å². The highest BCUT2D eigenvalue weighted by Crippen LogP contribution is 1.67. The molecule has 0 aliphatic rings. The van der Waals surface area contributed by atoms with Crippen molar-refractivity contribution in [3.05, 3.63) is 0 Å². The molecule has 0 saturated carbocycles. The van der Waals surface area contributed by atoms with Gasteiger partial charge >= 0.3 is 11.9 Å². The van der Waals surface area contributed by atoms with E-state index in [9.17, 15) is 9.59 Å². The van der Waals surface area contributed by atoms with E-state index in [0.29, 0.717) is 0 Å². The van der Waals surface area contributed by atoms with Gasteiger partial charge < -0.3 is 20.4 Å². The molecule has 0 unspecified atom stereocenters. The molecule has 80 valence electrons. The minimum Gasteiger partial charge on any atom is -0.481 e. The third kappa shape index (κ3) is 104. The molecular weight excluding hydrogens is 180 g/mol. The summed E-state index contributed by atoms with van der Waals surface area (Å²) < 4.78 is 0. The third-order valence-electron chi connectivity index (χ3n) is 0.605. The Morgan fingerprint density at radius 3 is 1.00 bits per heavy atom.